The van der Waals surface area contributed by atoms with E-state index in [2.05, 4.69) is 15.3 Å². The van der Waals surface area contributed by atoms with Crippen LogP contribution in [-0.2, 0) is 7.05 Å². The first kappa shape index (κ1) is 21.7. The van der Waals surface area contributed by atoms with E-state index in [-0.39, 0.29) is 27.2 Å². The summed E-state index contributed by atoms with van der Waals surface area (Å²) in [7, 11) is 1.64. The highest BCUT2D eigenvalue weighted by atomic mass is 35.5. The molecule has 32 heavy (non-hydrogen) atoms. The number of pyridine rings is 2. The van der Waals surface area contributed by atoms with E-state index in [4.69, 9.17) is 28.2 Å². The van der Waals surface area contributed by atoms with Gasteiger partial charge in [0.05, 0.1) is 22.8 Å². The van der Waals surface area contributed by atoms with Crippen LogP contribution in [0, 0.1) is 0 Å². The lowest BCUT2D eigenvalue weighted by molar-refractivity contribution is 0.0691. The molecule has 0 aliphatic carbocycles. The second-order valence-corrected chi connectivity index (χ2v) is 7.87. The topological polar surface area (TPSA) is 110 Å². The summed E-state index contributed by atoms with van der Waals surface area (Å²) < 4.78 is 1.46. The van der Waals surface area contributed by atoms with Crippen molar-refractivity contribution < 1.29 is 9.90 Å². The third-order valence-electron chi connectivity index (χ3n) is 4.94. The van der Waals surface area contributed by atoms with E-state index < -0.39 is 12.0 Å². The van der Waals surface area contributed by atoms with Crippen molar-refractivity contribution in [2.45, 2.75) is 13.0 Å². The second kappa shape index (κ2) is 8.57. The van der Waals surface area contributed by atoms with Gasteiger partial charge in [-0.3, -0.25) is 9.36 Å². The fourth-order valence-corrected chi connectivity index (χ4v) is 3.78. The normalized spacial score (nSPS) is 12.0. The predicted octanol–water partition coefficient (Wildman–Crippen LogP) is 4.57. The van der Waals surface area contributed by atoms with Gasteiger partial charge >= 0.3 is 5.97 Å². The molecular weight excluding hydrogens is 453 g/mol. The minimum atomic E-state index is -1.23. The van der Waals surface area contributed by atoms with Gasteiger partial charge in [-0.25, -0.2) is 19.7 Å². The lowest BCUT2D eigenvalue weighted by Crippen LogP contribution is -2.22. The van der Waals surface area contributed by atoms with Crippen molar-refractivity contribution in [3.8, 4) is 11.4 Å². The summed E-state index contributed by atoms with van der Waals surface area (Å²) >= 11 is 12.1. The number of hydrogen-bond donors (Lipinski definition) is 2. The molecule has 0 aliphatic heterocycles. The first-order chi connectivity index (χ1) is 15.3. The molecule has 0 saturated heterocycles. The SMILES string of the molecule is C[C@@H](Nc1ccc(Cl)nc1C(=O)O)c1nc(Cl)cc2c(=O)n(C)c(-c3ccccc3)nc12. The van der Waals surface area contributed by atoms with Crippen molar-refractivity contribution in [2.24, 2.45) is 7.05 Å². The molecule has 162 valence electrons. The Labute approximate surface area is 192 Å². The van der Waals surface area contributed by atoms with Gasteiger partial charge in [0.15, 0.2) is 5.69 Å². The summed E-state index contributed by atoms with van der Waals surface area (Å²) in [6.45, 7) is 1.76. The maximum atomic E-state index is 13.1. The van der Waals surface area contributed by atoms with Crippen LogP contribution in [0.5, 0.6) is 0 Å². The fourth-order valence-electron chi connectivity index (χ4n) is 3.43. The number of halogens is 2. The predicted molar refractivity (Wildman–Crippen MR) is 123 cm³/mol. The number of rotatable bonds is 5. The molecule has 0 radical (unpaired) electrons. The summed E-state index contributed by atoms with van der Waals surface area (Å²) in [5.41, 5.74) is 1.28. The minimum absolute atomic E-state index is 0.0598. The Hall–Kier alpha value is -3.49. The summed E-state index contributed by atoms with van der Waals surface area (Å²) in [5, 5.41) is 13.0. The van der Waals surface area contributed by atoms with Crippen LogP contribution >= 0.6 is 23.2 Å². The van der Waals surface area contributed by atoms with E-state index in [0.717, 1.165) is 5.56 Å². The van der Waals surface area contributed by atoms with E-state index in [9.17, 15) is 14.7 Å². The molecular formula is C22H17Cl2N5O3. The van der Waals surface area contributed by atoms with Gasteiger partial charge in [0.25, 0.3) is 5.56 Å². The summed E-state index contributed by atoms with van der Waals surface area (Å²) in [4.78, 5) is 37.7. The Morgan fingerprint density at radius 2 is 1.78 bits per heavy atom. The van der Waals surface area contributed by atoms with Gasteiger partial charge in [-0.05, 0) is 25.1 Å². The monoisotopic (exact) mass is 469 g/mol. The lowest BCUT2D eigenvalue weighted by atomic mass is 10.1. The molecule has 0 bridgehead atoms. The number of carboxylic acid groups (broad SMARTS) is 1. The van der Waals surface area contributed by atoms with Gasteiger partial charge in [-0.15, -0.1) is 0 Å². The standard InChI is InChI=1S/C22H17Cl2N5O3/c1-11(25-14-8-9-15(23)26-19(14)22(31)32)17-18-13(10-16(24)27-17)21(30)29(2)20(28-18)12-6-4-3-5-7-12/h3-11,25H,1-2H3,(H,31,32)/t11-/m1/s1. The van der Waals surface area contributed by atoms with Gasteiger partial charge in [0.1, 0.15) is 21.6 Å². The van der Waals surface area contributed by atoms with Crippen molar-refractivity contribution in [1.29, 1.82) is 0 Å². The summed E-state index contributed by atoms with van der Waals surface area (Å²) in [5.74, 6) is -0.760. The van der Waals surface area contributed by atoms with E-state index in [1.807, 2.05) is 30.3 Å². The second-order valence-electron chi connectivity index (χ2n) is 7.09. The molecule has 0 fully saturated rings. The van der Waals surface area contributed by atoms with Crippen LogP contribution in [0.1, 0.15) is 29.1 Å². The zero-order valence-corrected chi connectivity index (χ0v) is 18.5. The highest BCUT2D eigenvalue weighted by Gasteiger charge is 2.21. The number of hydrogen-bond acceptors (Lipinski definition) is 6. The molecule has 10 heteroatoms. The van der Waals surface area contributed by atoms with Crippen molar-refractivity contribution in [2.75, 3.05) is 5.32 Å². The summed E-state index contributed by atoms with van der Waals surface area (Å²) in [6.07, 6.45) is 0. The maximum absolute atomic E-state index is 13.1. The molecule has 4 rings (SSSR count). The Bertz CT molecular complexity index is 1410. The molecule has 2 N–H and O–H groups in total. The zero-order chi connectivity index (χ0) is 23.0. The molecule has 0 amide bonds. The number of nitrogens with one attached hydrogen (secondary N) is 1. The number of carbonyl (C=O) groups is 1. The van der Waals surface area contributed by atoms with Crippen molar-refractivity contribution in [3.05, 3.63) is 80.6 Å². The first-order valence-electron chi connectivity index (χ1n) is 9.55. The summed E-state index contributed by atoms with van der Waals surface area (Å²) in [6, 6.07) is 13.2. The lowest BCUT2D eigenvalue weighted by Gasteiger charge is -2.19. The number of nitrogens with zero attached hydrogens (tertiary/aromatic N) is 4. The largest absolute Gasteiger partial charge is 0.476 e. The van der Waals surface area contributed by atoms with Gasteiger partial charge < -0.3 is 10.4 Å². The molecule has 0 aliphatic rings. The highest BCUT2D eigenvalue weighted by molar-refractivity contribution is 6.30. The quantitative estimate of drug-likeness (QED) is 0.411. The maximum Gasteiger partial charge on any atom is 0.356 e. The highest BCUT2D eigenvalue weighted by Crippen LogP contribution is 2.28. The Balaban J connectivity index is 1.88. The molecule has 0 spiro atoms. The van der Waals surface area contributed by atoms with Crippen molar-refractivity contribution >= 4 is 45.8 Å². The first-order valence-corrected chi connectivity index (χ1v) is 10.3. The molecule has 0 unspecified atom stereocenters. The number of aromatic carboxylic acids is 1. The molecule has 1 aromatic carbocycles. The van der Waals surface area contributed by atoms with Crippen molar-refractivity contribution in [1.82, 2.24) is 19.5 Å². The van der Waals surface area contributed by atoms with E-state index in [1.54, 1.807) is 14.0 Å². The van der Waals surface area contributed by atoms with E-state index >= 15 is 0 Å². The average molecular weight is 470 g/mol. The van der Waals surface area contributed by atoms with E-state index in [1.165, 1.54) is 22.8 Å². The number of benzene rings is 1. The number of fused-ring (bicyclic) bond motifs is 1. The molecule has 4 aromatic rings. The van der Waals surface area contributed by atoms with Crippen LogP contribution in [-0.4, -0.2) is 30.6 Å². The van der Waals surface area contributed by atoms with Crippen LogP contribution in [0.2, 0.25) is 10.3 Å². The van der Waals surface area contributed by atoms with Crippen LogP contribution < -0.4 is 10.9 Å². The van der Waals surface area contributed by atoms with Crippen LogP contribution in [0.25, 0.3) is 22.3 Å². The van der Waals surface area contributed by atoms with Gasteiger partial charge in [-0.1, -0.05) is 53.5 Å². The smallest absolute Gasteiger partial charge is 0.356 e. The third kappa shape index (κ3) is 4.02. The Kier molecular flexibility index (Phi) is 5.82. The van der Waals surface area contributed by atoms with Crippen molar-refractivity contribution in [3.63, 3.8) is 0 Å². The van der Waals surface area contributed by atoms with Crippen LogP contribution in [0.3, 0.4) is 0 Å². The van der Waals surface area contributed by atoms with Crippen LogP contribution in [0.4, 0.5) is 5.69 Å². The molecule has 8 nitrogen and oxygen atoms in total. The van der Waals surface area contributed by atoms with Crippen LogP contribution in [0.15, 0.2) is 53.3 Å². The molecule has 3 aromatic heterocycles. The minimum Gasteiger partial charge on any atom is -0.476 e. The molecule has 3 heterocycles. The third-order valence-corrected chi connectivity index (χ3v) is 5.34. The van der Waals surface area contributed by atoms with Gasteiger partial charge in [-0.2, -0.15) is 0 Å². The Morgan fingerprint density at radius 3 is 2.47 bits per heavy atom. The van der Waals surface area contributed by atoms with Gasteiger partial charge in [0.2, 0.25) is 0 Å². The zero-order valence-electron chi connectivity index (χ0n) is 17.0. The average Bonchev–Trinajstić information content (AvgIpc) is 2.77. The molecule has 0 saturated carbocycles. The molecule has 1 atom stereocenters. The Morgan fingerprint density at radius 1 is 1.06 bits per heavy atom. The fraction of sp³-hybridized carbons (Fsp3) is 0.136. The number of anilines is 1. The number of carboxylic acids is 1. The number of aromatic nitrogens is 4. The van der Waals surface area contributed by atoms with Gasteiger partial charge in [0, 0.05) is 12.6 Å². The van der Waals surface area contributed by atoms with E-state index in [0.29, 0.717) is 22.4 Å².